The predicted octanol–water partition coefficient (Wildman–Crippen LogP) is 6.60. The molecule has 0 aliphatic heterocycles. The normalized spacial score (nSPS) is 16.1. The molecule has 7 heteroatoms. The van der Waals surface area contributed by atoms with Crippen molar-refractivity contribution in [1.82, 2.24) is 0 Å². The Kier molecular flexibility index (Phi) is 14.6. The topological polar surface area (TPSA) is 49.4 Å². The van der Waals surface area contributed by atoms with Gasteiger partial charge in [-0.2, -0.15) is 0 Å². The largest absolute Gasteiger partial charge is 0.496 e. The summed E-state index contributed by atoms with van der Waals surface area (Å²) in [6.07, 6.45) is 6.27. The van der Waals surface area contributed by atoms with Crippen LogP contribution in [-0.4, -0.2) is 60.8 Å². The second-order valence-electron chi connectivity index (χ2n) is 8.70. The van der Waals surface area contributed by atoms with Crippen LogP contribution < -0.4 is 14.4 Å². The minimum atomic E-state index is -0.229. The molecule has 0 unspecified atom stereocenters. The highest BCUT2D eigenvalue weighted by atomic mass is 127. The van der Waals surface area contributed by atoms with Crippen molar-refractivity contribution in [2.24, 2.45) is 11.8 Å². The SMILES string of the molecule is C=CCN(CC=C)c1cc(OC)c([C@H](OC)[C@@H](C)C[C@H](OC)[C@H](OC)[C@@H](C)/C=C(\C)I)cc1OC. The average molecular weight is 602 g/mol. The summed E-state index contributed by atoms with van der Waals surface area (Å²) >= 11 is 2.33. The van der Waals surface area contributed by atoms with Crippen LogP contribution in [0.5, 0.6) is 11.5 Å². The number of nitrogens with zero attached hydrogens (tertiary/aromatic N) is 1. The summed E-state index contributed by atoms with van der Waals surface area (Å²) in [6.45, 7) is 15.5. The summed E-state index contributed by atoms with van der Waals surface area (Å²) in [5.74, 6) is 1.81. The molecule has 0 fully saturated rings. The predicted molar refractivity (Wildman–Crippen MR) is 154 cm³/mol. The van der Waals surface area contributed by atoms with Crippen molar-refractivity contribution in [1.29, 1.82) is 0 Å². The summed E-state index contributed by atoms with van der Waals surface area (Å²) in [7, 11) is 8.56. The van der Waals surface area contributed by atoms with Gasteiger partial charge in [-0.3, -0.25) is 0 Å². The van der Waals surface area contributed by atoms with Crippen molar-refractivity contribution in [3.8, 4) is 11.5 Å². The summed E-state index contributed by atoms with van der Waals surface area (Å²) in [4.78, 5) is 2.13. The molecule has 0 spiro atoms. The fourth-order valence-corrected chi connectivity index (χ4v) is 5.21. The Hall–Kier alpha value is -1.55. The zero-order chi connectivity index (χ0) is 26.5. The molecule has 1 aromatic carbocycles. The van der Waals surface area contributed by atoms with Gasteiger partial charge in [-0.25, -0.2) is 0 Å². The van der Waals surface area contributed by atoms with E-state index in [9.17, 15) is 0 Å². The van der Waals surface area contributed by atoms with Gasteiger partial charge in [0, 0.05) is 52.0 Å². The second kappa shape index (κ2) is 16.2. The molecule has 35 heavy (non-hydrogen) atoms. The van der Waals surface area contributed by atoms with Crippen LogP contribution in [0.1, 0.15) is 38.9 Å². The van der Waals surface area contributed by atoms with Gasteiger partial charge in [0.2, 0.25) is 0 Å². The molecule has 0 saturated heterocycles. The van der Waals surface area contributed by atoms with Crippen LogP contribution in [0.25, 0.3) is 0 Å². The van der Waals surface area contributed by atoms with Crippen molar-refractivity contribution in [2.75, 3.05) is 53.5 Å². The molecule has 198 valence electrons. The molecule has 0 aromatic heterocycles. The molecule has 0 heterocycles. The zero-order valence-electron chi connectivity index (χ0n) is 22.7. The lowest BCUT2D eigenvalue weighted by molar-refractivity contribution is -0.0721. The lowest BCUT2D eigenvalue weighted by Crippen LogP contribution is -2.37. The first-order chi connectivity index (χ1) is 16.7. The Labute approximate surface area is 226 Å². The van der Waals surface area contributed by atoms with Crippen molar-refractivity contribution in [2.45, 2.75) is 45.5 Å². The molecule has 0 bridgehead atoms. The first-order valence-electron chi connectivity index (χ1n) is 11.9. The third-order valence-corrected chi connectivity index (χ3v) is 6.56. The molecule has 0 N–H and O–H groups in total. The number of hydrogen-bond acceptors (Lipinski definition) is 6. The third kappa shape index (κ3) is 8.81. The molecule has 0 radical (unpaired) electrons. The van der Waals surface area contributed by atoms with E-state index in [1.54, 1.807) is 35.5 Å². The van der Waals surface area contributed by atoms with Crippen molar-refractivity contribution in [3.05, 3.63) is 52.7 Å². The van der Waals surface area contributed by atoms with Crippen molar-refractivity contribution >= 4 is 28.3 Å². The van der Waals surface area contributed by atoms with Crippen LogP contribution >= 0.6 is 22.6 Å². The van der Waals surface area contributed by atoms with E-state index in [1.165, 1.54) is 3.58 Å². The lowest BCUT2D eigenvalue weighted by atomic mass is 9.87. The maximum absolute atomic E-state index is 6.03. The van der Waals surface area contributed by atoms with E-state index in [4.69, 9.17) is 23.7 Å². The Balaban J connectivity index is 3.37. The van der Waals surface area contributed by atoms with E-state index < -0.39 is 0 Å². The molecule has 0 saturated carbocycles. The zero-order valence-corrected chi connectivity index (χ0v) is 24.8. The molecular weight excluding hydrogens is 557 g/mol. The Morgan fingerprint density at radius 2 is 1.54 bits per heavy atom. The van der Waals surface area contributed by atoms with Gasteiger partial charge < -0.3 is 28.6 Å². The molecule has 1 rings (SSSR count). The van der Waals surface area contributed by atoms with Crippen molar-refractivity contribution in [3.63, 3.8) is 0 Å². The number of methoxy groups -OCH3 is 5. The van der Waals surface area contributed by atoms with E-state index in [2.05, 4.69) is 67.5 Å². The van der Waals surface area contributed by atoms with Gasteiger partial charge in [0.25, 0.3) is 0 Å². The van der Waals surface area contributed by atoms with Gasteiger partial charge in [-0.05, 0) is 51.5 Å². The number of anilines is 1. The van der Waals surface area contributed by atoms with E-state index in [-0.39, 0.29) is 30.1 Å². The summed E-state index contributed by atoms with van der Waals surface area (Å²) in [5.41, 5.74) is 1.85. The summed E-state index contributed by atoms with van der Waals surface area (Å²) < 4.78 is 30.7. The first-order valence-corrected chi connectivity index (χ1v) is 12.9. The maximum atomic E-state index is 6.03. The highest BCUT2D eigenvalue weighted by Crippen LogP contribution is 2.42. The molecule has 6 nitrogen and oxygen atoms in total. The van der Waals surface area contributed by atoms with Crippen LogP contribution in [0.4, 0.5) is 5.69 Å². The quantitative estimate of drug-likeness (QED) is 0.148. The van der Waals surface area contributed by atoms with Crippen LogP contribution in [0.15, 0.2) is 47.1 Å². The number of rotatable bonds is 17. The third-order valence-electron chi connectivity index (χ3n) is 6.20. The number of benzene rings is 1. The second-order valence-corrected chi connectivity index (χ2v) is 10.4. The monoisotopic (exact) mass is 601 g/mol. The van der Waals surface area contributed by atoms with Gasteiger partial charge in [-0.1, -0.05) is 32.1 Å². The minimum absolute atomic E-state index is 0.0742. The average Bonchev–Trinajstić information content (AvgIpc) is 2.83. The number of hydrogen-bond donors (Lipinski definition) is 0. The van der Waals surface area contributed by atoms with Gasteiger partial charge >= 0.3 is 0 Å². The van der Waals surface area contributed by atoms with Crippen LogP contribution in [0.3, 0.4) is 0 Å². The van der Waals surface area contributed by atoms with E-state index >= 15 is 0 Å². The molecule has 0 aliphatic rings. The fourth-order valence-electron chi connectivity index (χ4n) is 4.64. The Morgan fingerprint density at radius 1 is 0.943 bits per heavy atom. The fraction of sp³-hybridized carbons (Fsp3) is 0.571. The minimum Gasteiger partial charge on any atom is -0.496 e. The highest BCUT2D eigenvalue weighted by molar-refractivity contribution is 14.1. The van der Waals surface area contributed by atoms with Gasteiger partial charge in [0.05, 0.1) is 38.2 Å². The van der Waals surface area contributed by atoms with Crippen LogP contribution in [0.2, 0.25) is 0 Å². The van der Waals surface area contributed by atoms with Crippen LogP contribution in [-0.2, 0) is 14.2 Å². The van der Waals surface area contributed by atoms with Crippen molar-refractivity contribution < 1.29 is 23.7 Å². The highest BCUT2D eigenvalue weighted by Gasteiger charge is 2.32. The maximum Gasteiger partial charge on any atom is 0.142 e. The standard InChI is InChI=1S/C28H44INO5/c1-11-13-30(14-12-2)23-18-24(31-6)22(17-25(23)32-7)27(34-9)20(4)16-26(33-8)28(35-10)19(3)15-21(5)29/h11-12,15,17-20,26-28H,1-2,13-14,16H2,3-10H3/b21-15+/t19-,20-,26-,27+,28+/m0/s1. The van der Waals surface area contributed by atoms with E-state index in [0.717, 1.165) is 29.2 Å². The summed E-state index contributed by atoms with van der Waals surface area (Å²) in [6, 6.07) is 4.01. The smallest absolute Gasteiger partial charge is 0.142 e. The molecule has 0 aliphatic carbocycles. The number of ether oxygens (including phenoxy) is 5. The van der Waals surface area contributed by atoms with Gasteiger partial charge in [-0.15, -0.1) is 13.2 Å². The number of halogens is 1. The molecule has 5 atom stereocenters. The lowest BCUT2D eigenvalue weighted by Gasteiger charge is -2.33. The Bertz CT molecular complexity index is 814. The first kappa shape index (κ1) is 31.5. The molecule has 1 aromatic rings. The number of allylic oxidation sites excluding steroid dienone is 1. The van der Waals surface area contributed by atoms with E-state index in [1.807, 2.05) is 24.3 Å². The van der Waals surface area contributed by atoms with E-state index in [0.29, 0.717) is 13.1 Å². The van der Waals surface area contributed by atoms with Gasteiger partial charge in [0.15, 0.2) is 0 Å². The Morgan fingerprint density at radius 3 is 1.97 bits per heavy atom. The molecular formula is C28H44INO5. The van der Waals surface area contributed by atoms with Gasteiger partial charge in [0.1, 0.15) is 11.5 Å². The summed E-state index contributed by atoms with van der Waals surface area (Å²) in [5, 5.41) is 0. The van der Waals surface area contributed by atoms with Crippen LogP contribution in [0, 0.1) is 11.8 Å². The molecule has 0 amide bonds.